The number of esters is 2. The highest BCUT2D eigenvalue weighted by atomic mass is 16.7. The quantitative estimate of drug-likeness (QED) is 0.236. The molecular weight excluding hydrogens is 496 g/mol. The van der Waals surface area contributed by atoms with Crippen LogP contribution in [0.1, 0.15) is 48.9 Å². The highest BCUT2D eigenvalue weighted by Gasteiger charge is 2.48. The van der Waals surface area contributed by atoms with E-state index in [1.807, 2.05) is 43.3 Å². The maximum Gasteiger partial charge on any atom is 0.324 e. The first-order valence-electron chi connectivity index (χ1n) is 12.7. The Morgan fingerprint density at radius 3 is 2.44 bits per heavy atom. The Balaban J connectivity index is 1.57. The number of hydrogen-bond donors (Lipinski definition) is 1. The lowest BCUT2D eigenvalue weighted by molar-refractivity contribution is -0.240. The van der Waals surface area contributed by atoms with Gasteiger partial charge in [0.25, 0.3) is 5.79 Å². The van der Waals surface area contributed by atoms with Crippen molar-refractivity contribution in [1.29, 1.82) is 5.26 Å². The summed E-state index contributed by atoms with van der Waals surface area (Å²) >= 11 is 0. The summed E-state index contributed by atoms with van der Waals surface area (Å²) in [5, 5.41) is 10.3. The minimum Gasteiger partial charge on any atom is -0.490 e. The van der Waals surface area contributed by atoms with Crippen molar-refractivity contribution in [2.75, 3.05) is 6.61 Å². The number of para-hydroxylation sites is 1. The third-order valence-corrected chi connectivity index (χ3v) is 6.64. The number of cyclic esters (lactones) is 2. The molecule has 8 heteroatoms. The van der Waals surface area contributed by atoms with Gasteiger partial charge in [0.1, 0.15) is 6.61 Å². The van der Waals surface area contributed by atoms with Gasteiger partial charge in [0.15, 0.2) is 17.4 Å². The van der Waals surface area contributed by atoms with Gasteiger partial charge in [-0.15, -0.1) is 0 Å². The summed E-state index contributed by atoms with van der Waals surface area (Å²) < 4.78 is 23.0. The molecule has 0 bridgehead atoms. The number of benzene rings is 3. The van der Waals surface area contributed by atoms with Gasteiger partial charge in [0.2, 0.25) is 0 Å². The van der Waals surface area contributed by atoms with E-state index in [2.05, 4.69) is 11.1 Å². The van der Waals surface area contributed by atoms with E-state index in [0.717, 1.165) is 22.0 Å². The van der Waals surface area contributed by atoms with E-state index in [9.17, 15) is 14.9 Å². The molecule has 0 radical (unpaired) electrons. The van der Waals surface area contributed by atoms with Gasteiger partial charge in [0, 0.05) is 42.4 Å². The Morgan fingerprint density at radius 1 is 0.974 bits per heavy atom. The van der Waals surface area contributed by atoms with Crippen molar-refractivity contribution < 1.29 is 28.5 Å². The van der Waals surface area contributed by atoms with Crippen LogP contribution in [0, 0.1) is 17.2 Å². The van der Waals surface area contributed by atoms with Crippen LogP contribution in [0.15, 0.2) is 72.9 Å². The Morgan fingerprint density at radius 2 is 1.69 bits per heavy atom. The molecule has 39 heavy (non-hydrogen) atoms. The largest absolute Gasteiger partial charge is 0.490 e. The van der Waals surface area contributed by atoms with Crippen molar-refractivity contribution in [3.63, 3.8) is 0 Å². The first-order chi connectivity index (χ1) is 18.8. The van der Waals surface area contributed by atoms with E-state index in [4.69, 9.17) is 18.9 Å². The molecule has 198 valence electrons. The van der Waals surface area contributed by atoms with Gasteiger partial charge in [-0.05, 0) is 42.3 Å². The molecule has 3 aromatic carbocycles. The molecule has 1 aliphatic rings. The molecule has 0 aliphatic carbocycles. The van der Waals surface area contributed by atoms with Gasteiger partial charge in [-0.1, -0.05) is 42.5 Å². The average molecular weight is 525 g/mol. The summed E-state index contributed by atoms with van der Waals surface area (Å²) in [6.45, 7) is 5.46. The van der Waals surface area contributed by atoms with Crippen molar-refractivity contribution in [3.8, 4) is 17.6 Å². The number of nitrogens with zero attached hydrogens (tertiary/aromatic N) is 1. The van der Waals surface area contributed by atoms with Crippen LogP contribution in [0.2, 0.25) is 0 Å². The molecule has 1 fully saturated rings. The molecule has 2 heterocycles. The molecule has 8 nitrogen and oxygen atoms in total. The van der Waals surface area contributed by atoms with Crippen LogP contribution in [0.25, 0.3) is 10.9 Å². The number of ether oxygens (including phenoxy) is 4. The van der Waals surface area contributed by atoms with Crippen LogP contribution in [0.5, 0.6) is 11.5 Å². The second kappa shape index (κ2) is 10.5. The third kappa shape index (κ3) is 5.16. The summed E-state index contributed by atoms with van der Waals surface area (Å²) in [7, 11) is 0. The Kier molecular flexibility index (Phi) is 6.99. The monoisotopic (exact) mass is 524 g/mol. The minimum atomic E-state index is -1.34. The lowest BCUT2D eigenvalue weighted by atomic mass is 9.80. The molecule has 1 N–H and O–H groups in total. The second-order valence-electron chi connectivity index (χ2n) is 9.68. The Labute approximate surface area is 226 Å². The van der Waals surface area contributed by atoms with Gasteiger partial charge >= 0.3 is 11.9 Å². The van der Waals surface area contributed by atoms with E-state index in [1.165, 1.54) is 13.8 Å². The highest BCUT2D eigenvalue weighted by Crippen LogP contribution is 2.43. The molecule has 4 aromatic rings. The van der Waals surface area contributed by atoms with Crippen LogP contribution in [0.4, 0.5) is 0 Å². The molecule has 0 amide bonds. The lowest BCUT2D eigenvalue weighted by Crippen LogP contribution is -2.48. The predicted octanol–water partition coefficient (Wildman–Crippen LogP) is 5.60. The number of fused-ring (bicyclic) bond motifs is 1. The number of hydrogen-bond acceptors (Lipinski definition) is 7. The van der Waals surface area contributed by atoms with Crippen LogP contribution < -0.4 is 9.47 Å². The summed E-state index contributed by atoms with van der Waals surface area (Å²) in [4.78, 5) is 29.7. The molecule has 0 unspecified atom stereocenters. The van der Waals surface area contributed by atoms with Gasteiger partial charge < -0.3 is 23.9 Å². The zero-order valence-corrected chi connectivity index (χ0v) is 21.9. The zero-order valence-electron chi connectivity index (χ0n) is 21.9. The maximum absolute atomic E-state index is 13.2. The molecule has 1 atom stereocenters. The molecule has 0 saturated carbocycles. The Bertz CT molecular complexity index is 1560. The van der Waals surface area contributed by atoms with E-state index in [1.54, 1.807) is 36.5 Å². The van der Waals surface area contributed by atoms with E-state index in [-0.39, 0.29) is 6.61 Å². The zero-order chi connectivity index (χ0) is 27.6. The first-order valence-corrected chi connectivity index (χ1v) is 12.7. The van der Waals surface area contributed by atoms with Crippen LogP contribution >= 0.6 is 0 Å². The maximum atomic E-state index is 13.2. The predicted molar refractivity (Wildman–Crippen MR) is 143 cm³/mol. The fourth-order valence-corrected chi connectivity index (χ4v) is 4.92. The van der Waals surface area contributed by atoms with Crippen molar-refractivity contribution in [1.82, 2.24) is 4.98 Å². The number of aromatic amines is 1. The fourth-order valence-electron chi connectivity index (χ4n) is 4.92. The first kappa shape index (κ1) is 25.9. The van der Waals surface area contributed by atoms with Crippen molar-refractivity contribution in [2.24, 2.45) is 5.92 Å². The average Bonchev–Trinajstić information content (AvgIpc) is 3.33. The smallest absolute Gasteiger partial charge is 0.324 e. The molecule has 1 aliphatic heterocycles. The normalized spacial score (nSPS) is 15.7. The van der Waals surface area contributed by atoms with Crippen molar-refractivity contribution >= 4 is 22.8 Å². The number of nitrogens with one attached hydrogen (secondary N) is 1. The van der Waals surface area contributed by atoms with Crippen molar-refractivity contribution in [3.05, 3.63) is 95.2 Å². The summed E-state index contributed by atoms with van der Waals surface area (Å²) in [6.07, 6.45) is 1.80. The van der Waals surface area contributed by atoms with Gasteiger partial charge in [0.05, 0.1) is 18.2 Å². The number of H-pyrrole nitrogens is 1. The summed E-state index contributed by atoms with van der Waals surface area (Å²) in [5.41, 5.74) is 3.56. The molecular formula is C31H28N2O6. The number of carbonyl (C=O) groups is 2. The van der Waals surface area contributed by atoms with Gasteiger partial charge in [-0.2, -0.15) is 5.26 Å². The van der Waals surface area contributed by atoms with E-state index >= 15 is 0 Å². The van der Waals surface area contributed by atoms with Gasteiger partial charge in [-0.3, -0.25) is 9.59 Å². The second-order valence-corrected chi connectivity index (χ2v) is 9.68. The third-order valence-electron chi connectivity index (χ3n) is 6.64. The standard InChI is InChI=1S/C31H28N2O6/c1-4-36-26-15-19(13-14-25(26)37-18-21-10-6-5-9-20(21)16-32)27(23-17-33-24-12-8-7-11-22(23)24)28-29(34)38-31(2,3)39-30(28)35/h5-15,17,27-28,33H,4,18H2,1-3H3/t27-/m1/s1. The molecule has 0 spiro atoms. The molecule has 5 rings (SSSR count). The van der Waals surface area contributed by atoms with Crippen molar-refractivity contribution in [2.45, 2.75) is 39.1 Å². The van der Waals surface area contributed by atoms with Crippen LogP contribution in [-0.2, 0) is 25.7 Å². The number of carbonyl (C=O) groups excluding carboxylic acids is 2. The lowest BCUT2D eigenvalue weighted by Gasteiger charge is -2.36. The van der Waals surface area contributed by atoms with E-state index < -0.39 is 29.6 Å². The summed E-state index contributed by atoms with van der Waals surface area (Å²) in [5.74, 6) is -3.67. The van der Waals surface area contributed by atoms with E-state index in [0.29, 0.717) is 29.2 Å². The topological polar surface area (TPSA) is 111 Å². The number of rotatable bonds is 8. The van der Waals surface area contributed by atoms with Crippen LogP contribution in [0.3, 0.4) is 0 Å². The minimum absolute atomic E-state index is 0.172. The molecule has 1 aromatic heterocycles. The Hall–Kier alpha value is -4.77. The number of aromatic nitrogens is 1. The SMILES string of the molecule is CCOc1cc([C@H](c2c[nH]c3ccccc23)C2C(=O)OC(C)(C)OC2=O)ccc1OCc1ccccc1C#N. The molecule has 1 saturated heterocycles. The highest BCUT2D eigenvalue weighted by molar-refractivity contribution is 5.99. The number of nitriles is 1. The fraction of sp³-hybridized carbons (Fsp3) is 0.258. The van der Waals surface area contributed by atoms with Crippen LogP contribution in [-0.4, -0.2) is 29.3 Å². The van der Waals surface area contributed by atoms with Gasteiger partial charge in [-0.25, -0.2) is 0 Å². The summed E-state index contributed by atoms with van der Waals surface area (Å²) in [6, 6.07) is 22.4.